The van der Waals surface area contributed by atoms with Gasteiger partial charge in [0.15, 0.2) is 0 Å². The van der Waals surface area contributed by atoms with Gasteiger partial charge in [-0.1, -0.05) is 25.8 Å². The first-order valence-electron chi connectivity index (χ1n) is 7.65. The third-order valence-corrected chi connectivity index (χ3v) is 4.02. The van der Waals surface area contributed by atoms with Crippen molar-refractivity contribution in [2.75, 3.05) is 18.0 Å². The van der Waals surface area contributed by atoms with Crippen LogP contribution in [0.4, 0.5) is 5.82 Å². The minimum Gasteiger partial charge on any atom is -0.356 e. The van der Waals surface area contributed by atoms with Crippen molar-refractivity contribution in [2.24, 2.45) is 11.7 Å². The molecule has 19 heavy (non-hydrogen) atoms. The van der Waals surface area contributed by atoms with E-state index in [-0.39, 0.29) is 6.04 Å². The maximum Gasteiger partial charge on any atom is 0.131 e. The first-order chi connectivity index (χ1) is 9.20. The van der Waals surface area contributed by atoms with Crippen molar-refractivity contribution >= 4 is 5.82 Å². The summed E-state index contributed by atoms with van der Waals surface area (Å²) in [7, 11) is 0. The van der Waals surface area contributed by atoms with Gasteiger partial charge in [-0.05, 0) is 43.7 Å². The average Bonchev–Trinajstić information content (AvgIpc) is 2.40. The Labute approximate surface area is 117 Å². The van der Waals surface area contributed by atoms with Crippen LogP contribution in [0, 0.1) is 5.92 Å². The zero-order chi connectivity index (χ0) is 13.7. The van der Waals surface area contributed by atoms with E-state index in [0.717, 1.165) is 31.2 Å². The van der Waals surface area contributed by atoms with Crippen LogP contribution in [0.1, 0.15) is 45.1 Å². The monoisotopic (exact) mass is 261 g/mol. The summed E-state index contributed by atoms with van der Waals surface area (Å²) in [5.74, 6) is 2.08. The molecule has 1 aromatic heterocycles. The number of hydrogen-bond donors (Lipinski definition) is 1. The summed E-state index contributed by atoms with van der Waals surface area (Å²) in [5, 5.41) is 0. The highest BCUT2D eigenvalue weighted by Crippen LogP contribution is 2.27. The summed E-state index contributed by atoms with van der Waals surface area (Å²) in [6.45, 7) is 6.64. The predicted octanol–water partition coefficient (Wildman–Crippen LogP) is 2.99. The zero-order valence-corrected chi connectivity index (χ0v) is 12.3. The van der Waals surface area contributed by atoms with Gasteiger partial charge in [0, 0.05) is 25.3 Å². The molecule has 1 aliphatic heterocycles. The fourth-order valence-corrected chi connectivity index (χ4v) is 3.06. The van der Waals surface area contributed by atoms with Gasteiger partial charge in [-0.25, -0.2) is 4.98 Å². The molecule has 2 N–H and O–H groups in total. The van der Waals surface area contributed by atoms with Crippen LogP contribution < -0.4 is 10.6 Å². The van der Waals surface area contributed by atoms with Crippen molar-refractivity contribution < 1.29 is 0 Å². The van der Waals surface area contributed by atoms with Gasteiger partial charge in [-0.15, -0.1) is 0 Å². The quantitative estimate of drug-likeness (QED) is 0.886. The van der Waals surface area contributed by atoms with Crippen LogP contribution in [0.5, 0.6) is 0 Å². The summed E-state index contributed by atoms with van der Waals surface area (Å²) in [6.07, 6.45) is 8.12. The van der Waals surface area contributed by atoms with Crippen molar-refractivity contribution in [1.82, 2.24) is 4.98 Å². The van der Waals surface area contributed by atoms with Gasteiger partial charge in [0.25, 0.3) is 0 Å². The Morgan fingerprint density at radius 1 is 1.42 bits per heavy atom. The van der Waals surface area contributed by atoms with E-state index in [9.17, 15) is 0 Å². The molecule has 1 aliphatic rings. The molecule has 0 amide bonds. The lowest BCUT2D eigenvalue weighted by atomic mass is 9.92. The highest BCUT2D eigenvalue weighted by atomic mass is 15.2. The second-order valence-corrected chi connectivity index (χ2v) is 5.89. The normalized spacial score (nSPS) is 18.6. The molecular weight excluding hydrogens is 234 g/mol. The Hall–Kier alpha value is -1.09. The molecule has 2 heterocycles. The molecule has 3 nitrogen and oxygen atoms in total. The largest absolute Gasteiger partial charge is 0.356 e. The standard InChI is InChI=1S/C16H27N3/c1-3-5-14-7-10-19(11-8-14)16-15(12-13(2)17)6-4-9-18-16/h4,6,9,13-14H,3,5,7-8,10-12,17H2,1-2H3. The molecule has 106 valence electrons. The molecule has 0 spiro atoms. The number of aromatic nitrogens is 1. The molecule has 0 aliphatic carbocycles. The second kappa shape index (κ2) is 6.90. The van der Waals surface area contributed by atoms with Crippen molar-refractivity contribution in [1.29, 1.82) is 0 Å². The Morgan fingerprint density at radius 2 is 2.16 bits per heavy atom. The molecule has 0 saturated carbocycles. The number of pyridine rings is 1. The Bertz CT molecular complexity index is 381. The number of rotatable bonds is 5. The van der Waals surface area contributed by atoms with Gasteiger partial charge in [0.05, 0.1) is 0 Å². The third-order valence-electron chi connectivity index (χ3n) is 4.02. The summed E-state index contributed by atoms with van der Waals surface area (Å²) in [6, 6.07) is 4.38. The molecule has 1 aromatic rings. The molecule has 1 fully saturated rings. The van der Waals surface area contributed by atoms with Crippen molar-refractivity contribution in [3.63, 3.8) is 0 Å². The summed E-state index contributed by atoms with van der Waals surface area (Å²) < 4.78 is 0. The third kappa shape index (κ3) is 3.93. The predicted molar refractivity (Wildman–Crippen MR) is 81.4 cm³/mol. The minimum absolute atomic E-state index is 0.195. The molecule has 0 aromatic carbocycles. The van der Waals surface area contributed by atoms with Gasteiger partial charge in [0.2, 0.25) is 0 Å². The molecular formula is C16H27N3. The maximum atomic E-state index is 5.94. The molecule has 1 atom stereocenters. The average molecular weight is 261 g/mol. The van der Waals surface area contributed by atoms with Crippen LogP contribution in [0.3, 0.4) is 0 Å². The molecule has 0 radical (unpaired) electrons. The minimum atomic E-state index is 0.195. The number of nitrogens with two attached hydrogens (primary N) is 1. The fraction of sp³-hybridized carbons (Fsp3) is 0.688. The van der Waals surface area contributed by atoms with Gasteiger partial charge in [-0.3, -0.25) is 0 Å². The molecule has 1 unspecified atom stereocenters. The van der Waals surface area contributed by atoms with Gasteiger partial charge in [-0.2, -0.15) is 0 Å². The van der Waals surface area contributed by atoms with E-state index in [1.165, 1.54) is 31.2 Å². The summed E-state index contributed by atoms with van der Waals surface area (Å²) >= 11 is 0. The highest BCUT2D eigenvalue weighted by molar-refractivity contribution is 5.47. The lowest BCUT2D eigenvalue weighted by molar-refractivity contribution is 0.377. The van der Waals surface area contributed by atoms with Crippen LogP contribution in [0.2, 0.25) is 0 Å². The molecule has 3 heteroatoms. The Balaban J connectivity index is 2.02. The van der Waals surface area contributed by atoms with E-state index in [1.807, 2.05) is 12.3 Å². The van der Waals surface area contributed by atoms with Gasteiger partial charge in [0.1, 0.15) is 5.82 Å². The van der Waals surface area contributed by atoms with Crippen LogP contribution in [0.25, 0.3) is 0 Å². The van der Waals surface area contributed by atoms with Crippen LogP contribution in [0.15, 0.2) is 18.3 Å². The van der Waals surface area contributed by atoms with Crippen molar-refractivity contribution in [2.45, 2.75) is 52.0 Å². The van der Waals surface area contributed by atoms with Crippen LogP contribution >= 0.6 is 0 Å². The number of hydrogen-bond acceptors (Lipinski definition) is 3. The maximum absolute atomic E-state index is 5.94. The lowest BCUT2D eigenvalue weighted by Gasteiger charge is -2.34. The van der Waals surface area contributed by atoms with E-state index >= 15 is 0 Å². The first kappa shape index (κ1) is 14.3. The Morgan fingerprint density at radius 3 is 2.79 bits per heavy atom. The SMILES string of the molecule is CCCC1CCN(c2ncccc2CC(C)N)CC1. The summed E-state index contributed by atoms with van der Waals surface area (Å²) in [5.41, 5.74) is 7.24. The Kier molecular flexibility index (Phi) is 5.20. The zero-order valence-electron chi connectivity index (χ0n) is 12.3. The van der Waals surface area contributed by atoms with E-state index in [0.29, 0.717) is 0 Å². The topological polar surface area (TPSA) is 42.2 Å². The fourth-order valence-electron chi connectivity index (χ4n) is 3.06. The molecule has 0 bridgehead atoms. The van der Waals surface area contributed by atoms with Gasteiger partial charge >= 0.3 is 0 Å². The van der Waals surface area contributed by atoms with E-state index in [2.05, 4.69) is 29.8 Å². The summed E-state index contributed by atoms with van der Waals surface area (Å²) in [4.78, 5) is 7.05. The lowest BCUT2D eigenvalue weighted by Crippen LogP contribution is -2.35. The van der Waals surface area contributed by atoms with Crippen LogP contribution in [-0.4, -0.2) is 24.1 Å². The molecule has 1 saturated heterocycles. The number of piperidine rings is 1. The van der Waals surface area contributed by atoms with Crippen molar-refractivity contribution in [3.05, 3.63) is 23.9 Å². The molecule has 2 rings (SSSR count). The van der Waals surface area contributed by atoms with E-state index in [1.54, 1.807) is 0 Å². The van der Waals surface area contributed by atoms with Gasteiger partial charge < -0.3 is 10.6 Å². The van der Waals surface area contributed by atoms with E-state index in [4.69, 9.17) is 5.73 Å². The van der Waals surface area contributed by atoms with Crippen molar-refractivity contribution in [3.8, 4) is 0 Å². The first-order valence-corrected chi connectivity index (χ1v) is 7.65. The smallest absolute Gasteiger partial charge is 0.131 e. The highest BCUT2D eigenvalue weighted by Gasteiger charge is 2.21. The number of nitrogens with zero attached hydrogens (tertiary/aromatic N) is 2. The van der Waals surface area contributed by atoms with Crippen LogP contribution in [-0.2, 0) is 6.42 Å². The second-order valence-electron chi connectivity index (χ2n) is 5.89. The van der Waals surface area contributed by atoms with E-state index < -0.39 is 0 Å². The number of anilines is 1.